The maximum Gasteiger partial charge on any atom is 0.251 e. The first-order valence-corrected chi connectivity index (χ1v) is 10.9. The molecule has 3 aliphatic heterocycles. The van der Waals surface area contributed by atoms with Gasteiger partial charge in [-0.3, -0.25) is 14.5 Å². The number of pyridine rings is 1. The fourth-order valence-corrected chi connectivity index (χ4v) is 4.93. The van der Waals surface area contributed by atoms with Crippen molar-refractivity contribution in [1.29, 1.82) is 0 Å². The van der Waals surface area contributed by atoms with Crippen LogP contribution in [0.3, 0.4) is 0 Å². The molecule has 3 saturated heterocycles. The van der Waals surface area contributed by atoms with Gasteiger partial charge in [-0.15, -0.1) is 0 Å². The summed E-state index contributed by atoms with van der Waals surface area (Å²) in [5, 5.41) is 0. The number of amides is 2. The SMILES string of the molecule is COc1ncc(CN2CCOC3(COC(C(=O)N4CCCC(C(N)=O)C4)C3)C2)cc1C. The van der Waals surface area contributed by atoms with Gasteiger partial charge in [0.1, 0.15) is 11.7 Å². The number of nitrogens with two attached hydrogens (primary N) is 1. The number of morpholine rings is 1. The van der Waals surface area contributed by atoms with Crippen molar-refractivity contribution in [1.82, 2.24) is 14.8 Å². The Labute approximate surface area is 182 Å². The summed E-state index contributed by atoms with van der Waals surface area (Å²) in [6.07, 6.45) is 3.37. The number of methoxy groups -OCH3 is 1. The summed E-state index contributed by atoms with van der Waals surface area (Å²) in [7, 11) is 1.62. The number of ether oxygens (including phenoxy) is 3. The van der Waals surface area contributed by atoms with Crippen LogP contribution in [0.4, 0.5) is 0 Å². The Hall–Kier alpha value is -2.23. The topological polar surface area (TPSA) is 107 Å². The van der Waals surface area contributed by atoms with E-state index in [1.165, 1.54) is 0 Å². The molecule has 1 spiro atoms. The van der Waals surface area contributed by atoms with Crippen LogP contribution in [0.5, 0.6) is 5.88 Å². The molecule has 0 bridgehead atoms. The molecule has 170 valence electrons. The van der Waals surface area contributed by atoms with Crippen LogP contribution in [-0.4, -0.2) is 84.8 Å². The molecule has 0 saturated carbocycles. The molecule has 4 rings (SSSR count). The van der Waals surface area contributed by atoms with Gasteiger partial charge in [-0.05, 0) is 31.4 Å². The standard InChI is InChI=1S/C22H32N4O5/c1-15-8-16(10-24-20(15)29-2)11-25-6-7-31-22(13-25)9-18(30-14-22)21(28)26-5-3-4-17(12-26)19(23)27/h8,10,17-18H,3-7,9,11-14H2,1-2H3,(H2,23,27). The maximum absolute atomic E-state index is 13.0. The zero-order valence-electron chi connectivity index (χ0n) is 18.3. The minimum atomic E-state index is -0.531. The van der Waals surface area contributed by atoms with E-state index in [1.54, 1.807) is 12.0 Å². The lowest BCUT2D eigenvalue weighted by atomic mass is 9.94. The third kappa shape index (κ3) is 4.83. The zero-order valence-corrected chi connectivity index (χ0v) is 18.3. The molecule has 9 nitrogen and oxygen atoms in total. The number of nitrogens with zero attached hydrogens (tertiary/aromatic N) is 3. The van der Waals surface area contributed by atoms with Gasteiger partial charge in [0.05, 0.1) is 26.2 Å². The number of primary amides is 1. The van der Waals surface area contributed by atoms with Gasteiger partial charge in [-0.2, -0.15) is 0 Å². The van der Waals surface area contributed by atoms with Gasteiger partial charge >= 0.3 is 0 Å². The van der Waals surface area contributed by atoms with Crippen molar-refractivity contribution in [2.24, 2.45) is 11.7 Å². The molecule has 0 aliphatic carbocycles. The summed E-state index contributed by atoms with van der Waals surface area (Å²) in [5.41, 5.74) is 7.10. The van der Waals surface area contributed by atoms with E-state index in [-0.39, 0.29) is 17.7 Å². The number of aromatic nitrogens is 1. The lowest BCUT2D eigenvalue weighted by Gasteiger charge is -2.39. The van der Waals surface area contributed by atoms with E-state index in [0.29, 0.717) is 45.1 Å². The van der Waals surface area contributed by atoms with Gasteiger partial charge in [0.2, 0.25) is 11.8 Å². The molecule has 31 heavy (non-hydrogen) atoms. The predicted molar refractivity (Wildman–Crippen MR) is 112 cm³/mol. The molecular weight excluding hydrogens is 400 g/mol. The Morgan fingerprint density at radius 3 is 2.97 bits per heavy atom. The molecule has 2 amide bonds. The average Bonchev–Trinajstić information content (AvgIpc) is 3.16. The van der Waals surface area contributed by atoms with Gasteiger partial charge in [-0.25, -0.2) is 4.98 Å². The molecule has 9 heteroatoms. The van der Waals surface area contributed by atoms with Crippen LogP contribution in [0.15, 0.2) is 12.3 Å². The van der Waals surface area contributed by atoms with Crippen molar-refractivity contribution in [2.45, 2.75) is 44.4 Å². The Bertz CT molecular complexity index is 834. The van der Waals surface area contributed by atoms with Crippen molar-refractivity contribution in [2.75, 3.05) is 46.5 Å². The lowest BCUT2D eigenvalue weighted by molar-refractivity contribution is -0.143. The van der Waals surface area contributed by atoms with Gasteiger partial charge in [0.25, 0.3) is 5.91 Å². The second-order valence-corrected chi connectivity index (χ2v) is 8.94. The third-order valence-electron chi connectivity index (χ3n) is 6.53. The van der Waals surface area contributed by atoms with E-state index < -0.39 is 11.7 Å². The highest BCUT2D eigenvalue weighted by Gasteiger charge is 2.48. The highest BCUT2D eigenvalue weighted by atomic mass is 16.6. The van der Waals surface area contributed by atoms with Crippen molar-refractivity contribution in [3.63, 3.8) is 0 Å². The molecule has 1 aromatic heterocycles. The zero-order chi connectivity index (χ0) is 22.0. The van der Waals surface area contributed by atoms with E-state index in [9.17, 15) is 9.59 Å². The van der Waals surface area contributed by atoms with Gasteiger partial charge in [0.15, 0.2) is 0 Å². The fourth-order valence-electron chi connectivity index (χ4n) is 4.93. The summed E-state index contributed by atoms with van der Waals surface area (Å²) in [6.45, 7) is 6.29. The molecule has 0 radical (unpaired) electrons. The molecule has 3 atom stereocenters. The Kier molecular flexibility index (Phi) is 6.45. The minimum absolute atomic E-state index is 0.0569. The fraction of sp³-hybridized carbons (Fsp3) is 0.682. The molecule has 3 unspecified atom stereocenters. The monoisotopic (exact) mass is 432 g/mol. The van der Waals surface area contributed by atoms with Crippen LogP contribution >= 0.6 is 0 Å². The smallest absolute Gasteiger partial charge is 0.251 e. The molecule has 4 heterocycles. The molecular formula is C22H32N4O5. The van der Waals surface area contributed by atoms with E-state index in [4.69, 9.17) is 19.9 Å². The number of hydrogen-bond donors (Lipinski definition) is 1. The van der Waals surface area contributed by atoms with Crippen LogP contribution < -0.4 is 10.5 Å². The summed E-state index contributed by atoms with van der Waals surface area (Å²) >= 11 is 0. The first kappa shape index (κ1) is 22.0. The third-order valence-corrected chi connectivity index (χ3v) is 6.53. The Morgan fingerprint density at radius 1 is 1.39 bits per heavy atom. The quantitative estimate of drug-likeness (QED) is 0.721. The normalized spacial score (nSPS) is 29.3. The summed E-state index contributed by atoms with van der Waals surface area (Å²) in [6, 6.07) is 2.09. The lowest BCUT2D eigenvalue weighted by Crippen LogP contribution is -2.52. The summed E-state index contributed by atoms with van der Waals surface area (Å²) < 4.78 is 17.3. The number of likely N-dealkylation sites (tertiary alicyclic amines) is 1. The van der Waals surface area contributed by atoms with Gasteiger partial charge in [0, 0.05) is 50.9 Å². The van der Waals surface area contributed by atoms with Gasteiger partial charge in [-0.1, -0.05) is 0 Å². The highest BCUT2D eigenvalue weighted by Crippen LogP contribution is 2.33. The van der Waals surface area contributed by atoms with Crippen LogP contribution in [-0.2, 0) is 25.6 Å². The second kappa shape index (κ2) is 9.10. The number of carbonyl (C=O) groups excluding carboxylic acids is 2. The Morgan fingerprint density at radius 2 is 2.23 bits per heavy atom. The Balaban J connectivity index is 1.36. The minimum Gasteiger partial charge on any atom is -0.481 e. The maximum atomic E-state index is 13.0. The van der Waals surface area contributed by atoms with Crippen LogP contribution in [0.2, 0.25) is 0 Å². The summed E-state index contributed by atoms with van der Waals surface area (Å²) in [5.74, 6) is -0.0190. The van der Waals surface area contributed by atoms with Crippen LogP contribution in [0, 0.1) is 12.8 Å². The van der Waals surface area contributed by atoms with Crippen molar-refractivity contribution in [3.05, 3.63) is 23.4 Å². The molecule has 3 fully saturated rings. The first-order valence-electron chi connectivity index (χ1n) is 10.9. The average molecular weight is 433 g/mol. The van der Waals surface area contributed by atoms with Crippen LogP contribution in [0.1, 0.15) is 30.4 Å². The highest BCUT2D eigenvalue weighted by molar-refractivity contribution is 5.83. The molecule has 0 aromatic carbocycles. The molecule has 3 aliphatic rings. The van der Waals surface area contributed by atoms with E-state index in [0.717, 1.165) is 37.1 Å². The first-order chi connectivity index (χ1) is 14.9. The number of aryl methyl sites for hydroxylation is 1. The number of carbonyl (C=O) groups is 2. The predicted octanol–water partition coefficient (Wildman–Crippen LogP) is 0.482. The van der Waals surface area contributed by atoms with Gasteiger partial charge < -0.3 is 24.8 Å². The van der Waals surface area contributed by atoms with Crippen molar-refractivity contribution >= 4 is 11.8 Å². The number of piperidine rings is 1. The molecule has 2 N–H and O–H groups in total. The molecule has 1 aromatic rings. The number of rotatable bonds is 5. The van der Waals surface area contributed by atoms with Crippen LogP contribution in [0.25, 0.3) is 0 Å². The largest absolute Gasteiger partial charge is 0.481 e. The van der Waals surface area contributed by atoms with E-state index in [1.807, 2.05) is 13.1 Å². The van der Waals surface area contributed by atoms with E-state index in [2.05, 4.69) is 16.0 Å². The van der Waals surface area contributed by atoms with E-state index >= 15 is 0 Å². The second-order valence-electron chi connectivity index (χ2n) is 8.94. The summed E-state index contributed by atoms with van der Waals surface area (Å²) in [4.78, 5) is 33.0. The van der Waals surface area contributed by atoms with Crippen molar-refractivity contribution in [3.8, 4) is 5.88 Å². The van der Waals surface area contributed by atoms with Crippen molar-refractivity contribution < 1.29 is 23.8 Å². The number of hydrogen-bond acceptors (Lipinski definition) is 7.